The predicted octanol–water partition coefficient (Wildman–Crippen LogP) is 1.78. The third-order valence-corrected chi connectivity index (χ3v) is 2.44. The third kappa shape index (κ3) is 1.54. The Morgan fingerprint density at radius 3 is 2.27 bits per heavy atom. The molecule has 4 heteroatoms. The summed E-state index contributed by atoms with van der Waals surface area (Å²) >= 11 is 0. The van der Waals surface area contributed by atoms with E-state index >= 15 is 0 Å². The molecule has 0 saturated heterocycles. The van der Waals surface area contributed by atoms with Crippen molar-refractivity contribution in [2.45, 2.75) is 13.8 Å². The molecule has 0 radical (unpaired) electrons. The lowest BCUT2D eigenvalue weighted by molar-refractivity contribution is 0.475. The minimum Gasteiger partial charge on any atom is -0.508 e. The van der Waals surface area contributed by atoms with Crippen LogP contribution in [0.4, 0.5) is 5.69 Å². The highest BCUT2D eigenvalue weighted by Gasteiger charge is 2.09. The summed E-state index contributed by atoms with van der Waals surface area (Å²) in [6.45, 7) is 3.79. The van der Waals surface area contributed by atoms with Crippen LogP contribution < -0.4 is 5.73 Å². The molecule has 15 heavy (non-hydrogen) atoms. The molecule has 0 saturated carbocycles. The molecule has 0 aliphatic rings. The maximum Gasteiger partial charge on any atom is 0.115 e. The van der Waals surface area contributed by atoms with Crippen LogP contribution >= 0.6 is 0 Å². The van der Waals surface area contributed by atoms with Gasteiger partial charge in [0, 0.05) is 0 Å². The molecule has 2 rings (SSSR count). The van der Waals surface area contributed by atoms with E-state index in [0.717, 1.165) is 17.1 Å². The van der Waals surface area contributed by atoms with Gasteiger partial charge >= 0.3 is 0 Å². The van der Waals surface area contributed by atoms with Crippen LogP contribution in [0.2, 0.25) is 0 Å². The first-order valence-electron chi connectivity index (χ1n) is 4.70. The molecule has 0 amide bonds. The summed E-state index contributed by atoms with van der Waals surface area (Å²) in [6.07, 6.45) is 0. The fraction of sp³-hybridized carbons (Fsp3) is 0.182. The minimum absolute atomic E-state index is 0.244. The van der Waals surface area contributed by atoms with Gasteiger partial charge in [-0.3, -0.25) is 0 Å². The molecular weight excluding hydrogens is 190 g/mol. The zero-order chi connectivity index (χ0) is 11.0. The van der Waals surface area contributed by atoms with Gasteiger partial charge in [-0.1, -0.05) is 0 Å². The Hall–Kier alpha value is -1.97. The van der Waals surface area contributed by atoms with E-state index in [2.05, 4.69) is 5.10 Å². The fourth-order valence-corrected chi connectivity index (χ4v) is 1.50. The monoisotopic (exact) mass is 203 g/mol. The quantitative estimate of drug-likeness (QED) is 0.742. The summed E-state index contributed by atoms with van der Waals surface area (Å²) in [5, 5.41) is 13.5. The molecule has 0 aliphatic carbocycles. The van der Waals surface area contributed by atoms with Crippen LogP contribution in [0.1, 0.15) is 11.4 Å². The van der Waals surface area contributed by atoms with Crippen LogP contribution in [0.5, 0.6) is 5.75 Å². The van der Waals surface area contributed by atoms with E-state index in [9.17, 15) is 5.11 Å². The van der Waals surface area contributed by atoms with Crippen LogP contribution in [0.25, 0.3) is 5.69 Å². The summed E-state index contributed by atoms with van der Waals surface area (Å²) in [6, 6.07) is 6.85. The van der Waals surface area contributed by atoms with Gasteiger partial charge in [0.25, 0.3) is 0 Å². The van der Waals surface area contributed by atoms with E-state index in [0.29, 0.717) is 5.69 Å². The van der Waals surface area contributed by atoms with E-state index in [4.69, 9.17) is 5.73 Å². The lowest BCUT2D eigenvalue weighted by atomic mass is 10.3. The van der Waals surface area contributed by atoms with Gasteiger partial charge in [0.05, 0.1) is 22.8 Å². The molecule has 0 fully saturated rings. The number of aromatic nitrogens is 2. The minimum atomic E-state index is 0.244. The molecule has 2 aromatic rings. The number of phenolic OH excluding ortho intramolecular Hbond substituents is 1. The van der Waals surface area contributed by atoms with E-state index in [1.807, 2.05) is 13.8 Å². The first-order chi connectivity index (χ1) is 7.09. The molecule has 0 unspecified atom stereocenters. The van der Waals surface area contributed by atoms with E-state index < -0.39 is 0 Å². The molecule has 4 nitrogen and oxygen atoms in total. The van der Waals surface area contributed by atoms with Crippen molar-refractivity contribution in [3.8, 4) is 11.4 Å². The fourth-order valence-electron chi connectivity index (χ4n) is 1.50. The van der Waals surface area contributed by atoms with Crippen molar-refractivity contribution >= 4 is 5.69 Å². The molecule has 78 valence electrons. The molecule has 1 heterocycles. The smallest absolute Gasteiger partial charge is 0.115 e. The van der Waals surface area contributed by atoms with Gasteiger partial charge in [-0.2, -0.15) is 5.10 Å². The van der Waals surface area contributed by atoms with Crippen LogP contribution in [0.3, 0.4) is 0 Å². The Kier molecular flexibility index (Phi) is 2.11. The van der Waals surface area contributed by atoms with Crippen LogP contribution in [0, 0.1) is 13.8 Å². The first kappa shape index (κ1) is 9.58. The van der Waals surface area contributed by atoms with Gasteiger partial charge in [0.2, 0.25) is 0 Å². The van der Waals surface area contributed by atoms with Crippen LogP contribution in [-0.4, -0.2) is 14.9 Å². The number of aryl methyl sites for hydroxylation is 1. The van der Waals surface area contributed by atoms with Crippen molar-refractivity contribution in [2.75, 3.05) is 5.73 Å². The highest BCUT2D eigenvalue weighted by molar-refractivity contribution is 5.50. The highest BCUT2D eigenvalue weighted by Crippen LogP contribution is 2.20. The Labute approximate surface area is 88.0 Å². The lowest BCUT2D eigenvalue weighted by Crippen LogP contribution is -1.99. The zero-order valence-corrected chi connectivity index (χ0v) is 8.73. The van der Waals surface area contributed by atoms with Crippen molar-refractivity contribution in [3.05, 3.63) is 35.7 Å². The molecule has 0 atom stereocenters. The van der Waals surface area contributed by atoms with Crippen molar-refractivity contribution in [1.29, 1.82) is 0 Å². The van der Waals surface area contributed by atoms with Crippen molar-refractivity contribution < 1.29 is 5.11 Å². The van der Waals surface area contributed by atoms with E-state index in [1.54, 1.807) is 28.9 Å². The van der Waals surface area contributed by atoms with Gasteiger partial charge in [-0.15, -0.1) is 0 Å². The summed E-state index contributed by atoms with van der Waals surface area (Å²) in [5.41, 5.74) is 9.18. The second-order valence-electron chi connectivity index (χ2n) is 3.51. The zero-order valence-electron chi connectivity index (χ0n) is 8.73. The Balaban J connectivity index is 2.54. The lowest BCUT2D eigenvalue weighted by Gasteiger charge is -2.03. The molecule has 0 bridgehead atoms. The maximum absolute atomic E-state index is 9.18. The highest BCUT2D eigenvalue weighted by atomic mass is 16.3. The van der Waals surface area contributed by atoms with Crippen molar-refractivity contribution in [2.24, 2.45) is 0 Å². The number of anilines is 1. The van der Waals surface area contributed by atoms with Crippen molar-refractivity contribution in [1.82, 2.24) is 9.78 Å². The standard InChI is InChI=1S/C11H13N3O/c1-7-11(12)8(2)14(13-7)9-3-5-10(15)6-4-9/h3-6,15H,12H2,1-2H3. The number of nitrogens with two attached hydrogens (primary N) is 1. The second kappa shape index (κ2) is 3.31. The first-order valence-corrected chi connectivity index (χ1v) is 4.70. The summed E-state index contributed by atoms with van der Waals surface area (Å²) in [7, 11) is 0. The van der Waals surface area contributed by atoms with Gasteiger partial charge in [0.15, 0.2) is 0 Å². The normalized spacial score (nSPS) is 10.5. The third-order valence-electron chi connectivity index (χ3n) is 2.44. The van der Waals surface area contributed by atoms with Gasteiger partial charge in [-0.05, 0) is 38.1 Å². The number of phenols is 1. The molecular formula is C11H13N3O. The predicted molar refractivity (Wildman–Crippen MR) is 59.1 cm³/mol. The second-order valence-corrected chi connectivity index (χ2v) is 3.51. The van der Waals surface area contributed by atoms with Crippen molar-refractivity contribution in [3.63, 3.8) is 0 Å². The SMILES string of the molecule is Cc1nn(-c2ccc(O)cc2)c(C)c1N. The maximum atomic E-state index is 9.18. The average Bonchev–Trinajstić information content (AvgIpc) is 2.47. The summed E-state index contributed by atoms with van der Waals surface area (Å²) in [4.78, 5) is 0. The molecule has 1 aromatic carbocycles. The largest absolute Gasteiger partial charge is 0.508 e. The van der Waals surface area contributed by atoms with Gasteiger partial charge < -0.3 is 10.8 Å². The van der Waals surface area contributed by atoms with E-state index in [-0.39, 0.29) is 5.75 Å². The topological polar surface area (TPSA) is 64.1 Å². The molecule has 0 spiro atoms. The average molecular weight is 203 g/mol. The Morgan fingerprint density at radius 2 is 1.80 bits per heavy atom. The molecule has 3 N–H and O–H groups in total. The van der Waals surface area contributed by atoms with Crippen LogP contribution in [-0.2, 0) is 0 Å². The summed E-state index contributed by atoms with van der Waals surface area (Å²) < 4.78 is 1.77. The van der Waals surface area contributed by atoms with Crippen LogP contribution in [0.15, 0.2) is 24.3 Å². The number of nitrogen functional groups attached to an aromatic ring is 1. The van der Waals surface area contributed by atoms with E-state index in [1.165, 1.54) is 0 Å². The Bertz CT molecular complexity index is 485. The number of nitrogens with zero attached hydrogens (tertiary/aromatic N) is 2. The summed E-state index contributed by atoms with van der Waals surface area (Å²) in [5.74, 6) is 0.244. The molecule has 0 aliphatic heterocycles. The number of hydrogen-bond donors (Lipinski definition) is 2. The number of benzene rings is 1. The number of hydrogen-bond acceptors (Lipinski definition) is 3. The van der Waals surface area contributed by atoms with Gasteiger partial charge in [-0.25, -0.2) is 4.68 Å². The number of rotatable bonds is 1. The van der Waals surface area contributed by atoms with Gasteiger partial charge in [0.1, 0.15) is 5.75 Å². The Morgan fingerprint density at radius 1 is 1.20 bits per heavy atom. The number of aromatic hydroxyl groups is 1. The molecule has 1 aromatic heterocycles.